The van der Waals surface area contributed by atoms with Gasteiger partial charge < -0.3 is 5.73 Å². The first kappa shape index (κ1) is 11.3. The Morgan fingerprint density at radius 1 is 1.25 bits per heavy atom. The van der Waals surface area contributed by atoms with Gasteiger partial charge in [-0.1, -0.05) is 18.2 Å². The van der Waals surface area contributed by atoms with Crippen LogP contribution in [0.25, 0.3) is 0 Å². The normalized spacial score (nSPS) is 12.6. The van der Waals surface area contributed by atoms with Crippen molar-refractivity contribution in [1.82, 2.24) is 0 Å². The number of hydrogen-bond donors (Lipinski definition) is 1. The van der Waals surface area contributed by atoms with Crippen molar-refractivity contribution in [3.63, 3.8) is 0 Å². The predicted octanol–water partition coefficient (Wildman–Crippen LogP) is 3.52. The Kier molecular flexibility index (Phi) is 3.70. The molecule has 84 valence electrons. The fourth-order valence-corrected chi connectivity index (χ4v) is 2.38. The van der Waals surface area contributed by atoms with E-state index in [-0.39, 0.29) is 11.9 Å². The van der Waals surface area contributed by atoms with Crippen molar-refractivity contribution in [1.29, 1.82) is 0 Å². The van der Waals surface area contributed by atoms with Crippen LogP contribution in [-0.4, -0.2) is 0 Å². The Hall–Kier alpha value is -1.19. The molecular weight excluding hydrogens is 221 g/mol. The largest absolute Gasteiger partial charge is 0.324 e. The van der Waals surface area contributed by atoms with Crippen LogP contribution in [0.4, 0.5) is 4.39 Å². The van der Waals surface area contributed by atoms with Crippen LogP contribution in [-0.2, 0) is 6.42 Å². The van der Waals surface area contributed by atoms with Crippen LogP contribution in [0.5, 0.6) is 0 Å². The third-order valence-corrected chi connectivity index (χ3v) is 3.49. The van der Waals surface area contributed by atoms with Gasteiger partial charge >= 0.3 is 0 Å². The van der Waals surface area contributed by atoms with Crippen molar-refractivity contribution < 1.29 is 4.39 Å². The van der Waals surface area contributed by atoms with E-state index in [0.29, 0.717) is 0 Å². The maximum absolute atomic E-state index is 13.0. The zero-order valence-corrected chi connectivity index (χ0v) is 9.71. The van der Waals surface area contributed by atoms with E-state index in [0.717, 1.165) is 18.4 Å². The first-order valence-electron chi connectivity index (χ1n) is 5.29. The molecule has 1 atom stereocenters. The summed E-state index contributed by atoms with van der Waals surface area (Å²) in [6.07, 6.45) is 1.80. The van der Waals surface area contributed by atoms with Crippen LogP contribution in [0, 0.1) is 5.82 Å². The summed E-state index contributed by atoms with van der Waals surface area (Å²) in [5.74, 6) is -0.218. The summed E-state index contributed by atoms with van der Waals surface area (Å²) in [5.41, 5.74) is 6.89. The first-order valence-corrected chi connectivity index (χ1v) is 6.17. The lowest BCUT2D eigenvalue weighted by Crippen LogP contribution is -2.11. The monoisotopic (exact) mass is 235 g/mol. The molecule has 2 aromatic rings. The van der Waals surface area contributed by atoms with E-state index in [1.807, 2.05) is 12.1 Å². The van der Waals surface area contributed by atoms with Crippen LogP contribution in [0.15, 0.2) is 41.8 Å². The van der Waals surface area contributed by atoms with Gasteiger partial charge in [-0.25, -0.2) is 4.39 Å². The highest BCUT2D eigenvalue weighted by Crippen LogP contribution is 2.19. The second-order valence-electron chi connectivity index (χ2n) is 3.78. The maximum atomic E-state index is 13.0. The van der Waals surface area contributed by atoms with E-state index in [2.05, 4.69) is 11.4 Å². The SMILES string of the molecule is NC(CCc1cccs1)c1cccc(F)c1. The van der Waals surface area contributed by atoms with Gasteiger partial charge in [-0.3, -0.25) is 0 Å². The van der Waals surface area contributed by atoms with Crippen molar-refractivity contribution in [2.24, 2.45) is 5.73 Å². The summed E-state index contributed by atoms with van der Waals surface area (Å²) in [5, 5.41) is 2.06. The van der Waals surface area contributed by atoms with Gasteiger partial charge in [-0.05, 0) is 42.0 Å². The zero-order chi connectivity index (χ0) is 11.4. The van der Waals surface area contributed by atoms with E-state index in [1.54, 1.807) is 17.4 Å². The average molecular weight is 235 g/mol. The summed E-state index contributed by atoms with van der Waals surface area (Å²) >= 11 is 1.73. The third kappa shape index (κ3) is 2.90. The molecule has 0 bridgehead atoms. The topological polar surface area (TPSA) is 26.0 Å². The molecule has 0 saturated heterocycles. The van der Waals surface area contributed by atoms with Gasteiger partial charge in [0.25, 0.3) is 0 Å². The Morgan fingerprint density at radius 2 is 2.12 bits per heavy atom. The van der Waals surface area contributed by atoms with Gasteiger partial charge in [0.1, 0.15) is 5.82 Å². The molecular formula is C13H14FNS. The summed E-state index contributed by atoms with van der Waals surface area (Å²) in [7, 11) is 0. The Morgan fingerprint density at radius 3 is 2.81 bits per heavy atom. The molecule has 16 heavy (non-hydrogen) atoms. The van der Waals surface area contributed by atoms with Crippen LogP contribution < -0.4 is 5.73 Å². The predicted molar refractivity (Wildman–Crippen MR) is 66.0 cm³/mol. The lowest BCUT2D eigenvalue weighted by molar-refractivity contribution is 0.610. The Bertz CT molecular complexity index is 439. The molecule has 1 aromatic heterocycles. The second kappa shape index (κ2) is 5.23. The van der Waals surface area contributed by atoms with Crippen LogP contribution >= 0.6 is 11.3 Å². The molecule has 3 heteroatoms. The van der Waals surface area contributed by atoms with Crippen molar-refractivity contribution >= 4 is 11.3 Å². The fraction of sp³-hybridized carbons (Fsp3) is 0.231. The minimum atomic E-state index is -0.218. The Labute approximate surface area is 98.7 Å². The van der Waals surface area contributed by atoms with Crippen LogP contribution in [0.1, 0.15) is 22.9 Å². The van der Waals surface area contributed by atoms with E-state index in [9.17, 15) is 4.39 Å². The van der Waals surface area contributed by atoms with Gasteiger partial charge in [0.05, 0.1) is 0 Å². The highest BCUT2D eigenvalue weighted by atomic mass is 32.1. The molecule has 0 saturated carbocycles. The molecule has 0 aliphatic heterocycles. The number of rotatable bonds is 4. The molecule has 1 nitrogen and oxygen atoms in total. The highest BCUT2D eigenvalue weighted by Gasteiger charge is 2.07. The quantitative estimate of drug-likeness (QED) is 0.862. The number of benzene rings is 1. The molecule has 0 fully saturated rings. The number of hydrogen-bond acceptors (Lipinski definition) is 2. The summed E-state index contributed by atoms with van der Waals surface area (Å²) in [6, 6.07) is 10.6. The molecule has 0 aliphatic rings. The van der Waals surface area contributed by atoms with Gasteiger partial charge in [0, 0.05) is 10.9 Å². The zero-order valence-electron chi connectivity index (χ0n) is 8.90. The molecule has 2 N–H and O–H groups in total. The van der Waals surface area contributed by atoms with Crippen molar-refractivity contribution in [3.8, 4) is 0 Å². The maximum Gasteiger partial charge on any atom is 0.123 e. The van der Waals surface area contributed by atoms with E-state index in [4.69, 9.17) is 5.73 Å². The molecule has 1 unspecified atom stereocenters. The summed E-state index contributed by atoms with van der Waals surface area (Å²) in [4.78, 5) is 1.33. The molecule has 0 amide bonds. The fourth-order valence-electron chi connectivity index (χ4n) is 1.66. The van der Waals surface area contributed by atoms with Crippen molar-refractivity contribution in [2.45, 2.75) is 18.9 Å². The van der Waals surface area contributed by atoms with E-state index in [1.165, 1.54) is 17.0 Å². The molecule has 2 rings (SSSR count). The summed E-state index contributed by atoms with van der Waals surface area (Å²) in [6.45, 7) is 0. The van der Waals surface area contributed by atoms with Crippen LogP contribution in [0.3, 0.4) is 0 Å². The van der Waals surface area contributed by atoms with Gasteiger partial charge in [0.15, 0.2) is 0 Å². The molecule has 0 radical (unpaired) electrons. The van der Waals surface area contributed by atoms with Gasteiger partial charge in [-0.2, -0.15) is 0 Å². The van der Waals surface area contributed by atoms with Gasteiger partial charge in [-0.15, -0.1) is 11.3 Å². The number of thiophene rings is 1. The molecule has 0 spiro atoms. The molecule has 0 aliphatic carbocycles. The Balaban J connectivity index is 1.95. The first-order chi connectivity index (χ1) is 7.75. The number of nitrogens with two attached hydrogens (primary N) is 1. The van der Waals surface area contributed by atoms with Crippen molar-refractivity contribution in [2.75, 3.05) is 0 Å². The summed E-state index contributed by atoms with van der Waals surface area (Å²) < 4.78 is 13.0. The third-order valence-electron chi connectivity index (χ3n) is 2.56. The minimum absolute atomic E-state index is 0.0854. The van der Waals surface area contributed by atoms with Crippen molar-refractivity contribution in [3.05, 3.63) is 58.0 Å². The number of aryl methyl sites for hydroxylation is 1. The number of halogens is 1. The minimum Gasteiger partial charge on any atom is -0.324 e. The van der Waals surface area contributed by atoms with Crippen LogP contribution in [0.2, 0.25) is 0 Å². The smallest absolute Gasteiger partial charge is 0.123 e. The lowest BCUT2D eigenvalue weighted by atomic mass is 10.0. The lowest BCUT2D eigenvalue weighted by Gasteiger charge is -2.11. The second-order valence-corrected chi connectivity index (χ2v) is 4.81. The average Bonchev–Trinajstić information content (AvgIpc) is 2.78. The molecule has 1 aromatic carbocycles. The van der Waals surface area contributed by atoms with E-state index < -0.39 is 0 Å². The molecule has 1 heterocycles. The van der Waals surface area contributed by atoms with Gasteiger partial charge in [0.2, 0.25) is 0 Å². The standard InChI is InChI=1S/C13H14FNS/c14-11-4-1-3-10(9-11)13(15)7-6-12-5-2-8-16-12/h1-5,8-9,13H,6-7,15H2. The van der Waals surface area contributed by atoms with E-state index >= 15 is 0 Å². The highest BCUT2D eigenvalue weighted by molar-refractivity contribution is 7.09.